The highest BCUT2D eigenvalue weighted by Crippen LogP contribution is 2.47. The van der Waals surface area contributed by atoms with Crippen molar-refractivity contribution in [3.05, 3.63) is 46.5 Å². The van der Waals surface area contributed by atoms with E-state index in [1.54, 1.807) is 6.07 Å². The Morgan fingerprint density at radius 1 is 1.13 bits per heavy atom. The van der Waals surface area contributed by atoms with Gasteiger partial charge in [0, 0.05) is 24.7 Å². The van der Waals surface area contributed by atoms with Crippen molar-refractivity contribution in [2.24, 2.45) is 0 Å². The van der Waals surface area contributed by atoms with Crippen LogP contribution < -0.4 is 18.4 Å². The van der Waals surface area contributed by atoms with Crippen LogP contribution in [0.25, 0.3) is 0 Å². The second-order valence-corrected chi connectivity index (χ2v) is 9.10. The molecule has 3 aliphatic rings. The molecule has 0 fully saturated rings. The van der Waals surface area contributed by atoms with E-state index in [2.05, 4.69) is 9.08 Å². The molecule has 2 aromatic rings. The first-order valence-electron chi connectivity index (χ1n) is 9.54. The molecule has 7 nitrogen and oxygen atoms in total. The monoisotopic (exact) mass is 457 g/mol. The third kappa shape index (κ3) is 3.26. The minimum atomic E-state index is -5.83. The first-order valence-corrected chi connectivity index (χ1v) is 10.9. The molecule has 3 aliphatic heterocycles. The van der Waals surface area contributed by atoms with E-state index in [0.717, 1.165) is 17.5 Å². The van der Waals surface area contributed by atoms with Crippen molar-refractivity contribution in [2.45, 2.75) is 30.9 Å². The fourth-order valence-corrected chi connectivity index (χ4v) is 4.90. The summed E-state index contributed by atoms with van der Waals surface area (Å²) >= 11 is 0. The second-order valence-electron chi connectivity index (χ2n) is 7.56. The number of hydrogen-bond donors (Lipinski definition) is 0. The van der Waals surface area contributed by atoms with Crippen molar-refractivity contribution < 1.29 is 40.0 Å². The molecule has 1 atom stereocenters. The molecule has 0 saturated heterocycles. The van der Waals surface area contributed by atoms with Gasteiger partial charge in [-0.05, 0) is 47.7 Å². The summed E-state index contributed by atoms with van der Waals surface area (Å²) in [6, 6.07) is 7.07. The van der Waals surface area contributed by atoms with Crippen molar-refractivity contribution >= 4 is 10.1 Å². The third-order valence-corrected chi connectivity index (χ3v) is 6.85. The van der Waals surface area contributed by atoms with Crippen LogP contribution in [0.5, 0.6) is 23.0 Å². The molecule has 0 aromatic heterocycles. The highest BCUT2D eigenvalue weighted by atomic mass is 32.2. The number of fused-ring (bicyclic) bond motifs is 5. The largest absolute Gasteiger partial charge is 0.534 e. The summed E-state index contributed by atoms with van der Waals surface area (Å²) in [4.78, 5) is 2.10. The van der Waals surface area contributed by atoms with E-state index >= 15 is 0 Å². The summed E-state index contributed by atoms with van der Waals surface area (Å²) in [5.74, 6) is 0.903. The van der Waals surface area contributed by atoms with Gasteiger partial charge >= 0.3 is 15.6 Å². The third-order valence-electron chi connectivity index (χ3n) is 5.89. The van der Waals surface area contributed by atoms with E-state index in [9.17, 15) is 21.6 Å². The number of hydrogen-bond acceptors (Lipinski definition) is 7. The standard InChI is InChI=1S/C20H18F3NO6S/c1-27-16-3-2-11-6-15-13-8-18-17(28-10-29-18)7-12(13)4-5-24(15)9-14(11)19(16)30-31(25,26)20(21,22)23/h2-3,7-8,15H,4-6,9-10H2,1H3. The Bertz CT molecular complexity index is 1160. The van der Waals surface area contributed by atoms with Gasteiger partial charge in [0.2, 0.25) is 6.79 Å². The average Bonchev–Trinajstić information content (AvgIpc) is 3.17. The van der Waals surface area contributed by atoms with E-state index in [1.165, 1.54) is 13.2 Å². The molecule has 3 heterocycles. The topological polar surface area (TPSA) is 74.3 Å². The molecular weight excluding hydrogens is 439 g/mol. The van der Waals surface area contributed by atoms with Crippen LogP contribution in [0.4, 0.5) is 13.2 Å². The predicted octanol–water partition coefficient (Wildman–Crippen LogP) is 3.31. The van der Waals surface area contributed by atoms with Crippen LogP contribution >= 0.6 is 0 Å². The van der Waals surface area contributed by atoms with Crippen molar-refractivity contribution in [1.82, 2.24) is 4.90 Å². The Balaban J connectivity index is 1.55. The van der Waals surface area contributed by atoms with Gasteiger partial charge in [-0.3, -0.25) is 4.90 Å². The van der Waals surface area contributed by atoms with Crippen LogP contribution in [-0.4, -0.2) is 39.3 Å². The number of benzene rings is 2. The van der Waals surface area contributed by atoms with Gasteiger partial charge in [0.05, 0.1) is 7.11 Å². The van der Waals surface area contributed by atoms with Gasteiger partial charge in [-0.2, -0.15) is 21.6 Å². The molecule has 0 saturated carbocycles. The van der Waals surface area contributed by atoms with E-state index in [4.69, 9.17) is 14.2 Å². The number of alkyl halides is 3. The second kappa shape index (κ2) is 6.92. The molecule has 1 unspecified atom stereocenters. The van der Waals surface area contributed by atoms with E-state index < -0.39 is 21.4 Å². The molecule has 166 valence electrons. The minimum Gasteiger partial charge on any atom is -0.493 e. The fraction of sp³-hybridized carbons (Fsp3) is 0.400. The summed E-state index contributed by atoms with van der Waals surface area (Å²) in [7, 11) is -4.58. The zero-order chi connectivity index (χ0) is 22.0. The Labute approximate surface area is 176 Å². The van der Waals surface area contributed by atoms with E-state index in [1.807, 2.05) is 12.1 Å². The van der Waals surface area contributed by atoms with Crippen molar-refractivity contribution in [1.29, 1.82) is 0 Å². The minimum absolute atomic E-state index is 0.0220. The first-order chi connectivity index (χ1) is 14.7. The summed E-state index contributed by atoms with van der Waals surface area (Å²) in [6.07, 6.45) is 1.20. The zero-order valence-electron chi connectivity index (χ0n) is 16.4. The molecule has 0 bridgehead atoms. The summed E-state index contributed by atoms with van der Waals surface area (Å²) in [5, 5.41) is 0. The fourth-order valence-electron chi connectivity index (χ4n) is 4.40. The molecule has 31 heavy (non-hydrogen) atoms. The summed E-state index contributed by atoms with van der Waals surface area (Å²) in [6.45, 7) is 1.05. The molecule has 0 amide bonds. The van der Waals surface area contributed by atoms with Crippen molar-refractivity contribution in [3.8, 4) is 23.0 Å². The Hall–Kier alpha value is -2.66. The van der Waals surface area contributed by atoms with Crippen LogP contribution in [0.2, 0.25) is 0 Å². The number of ether oxygens (including phenoxy) is 3. The van der Waals surface area contributed by atoms with Crippen molar-refractivity contribution in [2.75, 3.05) is 20.4 Å². The van der Waals surface area contributed by atoms with E-state index in [-0.39, 0.29) is 25.1 Å². The Morgan fingerprint density at radius 3 is 2.58 bits per heavy atom. The predicted molar refractivity (Wildman–Crippen MR) is 102 cm³/mol. The lowest BCUT2D eigenvalue weighted by Crippen LogP contribution is -2.39. The lowest BCUT2D eigenvalue weighted by molar-refractivity contribution is -0.0501. The van der Waals surface area contributed by atoms with Gasteiger partial charge in [0.1, 0.15) is 0 Å². The van der Waals surface area contributed by atoms with Crippen LogP contribution in [0.15, 0.2) is 24.3 Å². The first kappa shape index (κ1) is 20.3. The molecule has 2 aromatic carbocycles. The van der Waals surface area contributed by atoms with Gasteiger partial charge in [0.25, 0.3) is 0 Å². The highest BCUT2D eigenvalue weighted by molar-refractivity contribution is 7.88. The molecular formula is C20H18F3NO6S. The molecule has 0 aliphatic carbocycles. The molecule has 11 heteroatoms. The SMILES string of the molecule is COc1ccc2c(c1OS(=O)(=O)C(F)(F)F)CN1CCc3cc4c(cc3C1C2)OCO4. The smallest absolute Gasteiger partial charge is 0.493 e. The lowest BCUT2D eigenvalue weighted by Gasteiger charge is -2.41. The van der Waals surface area contributed by atoms with Crippen molar-refractivity contribution in [3.63, 3.8) is 0 Å². The summed E-state index contributed by atoms with van der Waals surface area (Å²) < 4.78 is 82.8. The molecule has 0 N–H and O–H groups in total. The van der Waals surface area contributed by atoms with Gasteiger partial charge < -0.3 is 18.4 Å². The van der Waals surface area contributed by atoms with Crippen LogP contribution in [0.1, 0.15) is 28.3 Å². The van der Waals surface area contributed by atoms with Crippen LogP contribution in [-0.2, 0) is 29.5 Å². The Kier molecular flexibility index (Phi) is 4.52. The average molecular weight is 457 g/mol. The molecule has 5 rings (SSSR count). The highest BCUT2D eigenvalue weighted by Gasteiger charge is 2.49. The number of methoxy groups -OCH3 is 1. The maximum Gasteiger partial charge on any atom is 0.534 e. The summed E-state index contributed by atoms with van der Waals surface area (Å²) in [5.41, 5.74) is -2.24. The molecule has 0 radical (unpaired) electrons. The van der Waals surface area contributed by atoms with Gasteiger partial charge in [-0.25, -0.2) is 0 Å². The van der Waals surface area contributed by atoms with Crippen LogP contribution in [0, 0.1) is 0 Å². The van der Waals surface area contributed by atoms with Gasteiger partial charge in [-0.1, -0.05) is 6.07 Å². The quantitative estimate of drug-likeness (QED) is 0.517. The number of halogens is 3. The lowest BCUT2D eigenvalue weighted by atomic mass is 9.83. The zero-order valence-corrected chi connectivity index (χ0v) is 17.2. The van der Waals surface area contributed by atoms with Crippen LogP contribution in [0.3, 0.4) is 0 Å². The molecule has 0 spiro atoms. The normalized spacial score (nSPS) is 19.9. The number of nitrogens with zero attached hydrogens (tertiary/aromatic N) is 1. The maximum absolute atomic E-state index is 12.9. The van der Waals surface area contributed by atoms with E-state index in [0.29, 0.717) is 35.6 Å². The van der Waals surface area contributed by atoms with Gasteiger partial charge in [-0.15, -0.1) is 0 Å². The Morgan fingerprint density at radius 2 is 1.87 bits per heavy atom. The van der Waals surface area contributed by atoms with Gasteiger partial charge in [0.15, 0.2) is 23.0 Å². The maximum atomic E-state index is 12.9. The number of rotatable bonds is 3.